The smallest absolute Gasteiger partial charge is 0.133 e. The first kappa shape index (κ1) is 6.79. The summed E-state index contributed by atoms with van der Waals surface area (Å²) in [6.07, 6.45) is 0. The maximum Gasteiger partial charge on any atom is 0.133 e. The Morgan fingerprint density at radius 1 is 1.50 bits per heavy atom. The molecular formula is C4H3I2N2. The fraction of sp³-hybridized carbons (Fsp3) is 0. The van der Waals surface area contributed by atoms with E-state index in [2.05, 4.69) is 62.1 Å². The molecule has 4 heteroatoms. The standard InChI is InChI=1S/C4H3I2N2/c1-2-7-3(5)4(6)8-2/h1H2,(H,7,8). The normalized spacial score (nSPS) is 9.88. The molecule has 0 saturated heterocycles. The summed E-state index contributed by atoms with van der Waals surface area (Å²) in [5.41, 5.74) is 0. The fourth-order valence-corrected chi connectivity index (χ4v) is 1.23. The maximum atomic E-state index is 4.02. The third-order valence-corrected chi connectivity index (χ3v) is 3.26. The molecule has 0 aliphatic rings. The first-order valence-corrected chi connectivity index (χ1v) is 4.09. The van der Waals surface area contributed by atoms with E-state index in [1.165, 1.54) is 0 Å². The number of nitrogens with one attached hydrogen (secondary N) is 1. The van der Waals surface area contributed by atoms with Gasteiger partial charge in [-0.25, -0.2) is 4.98 Å². The van der Waals surface area contributed by atoms with Crippen LogP contribution in [0, 0.1) is 14.3 Å². The van der Waals surface area contributed by atoms with Crippen LogP contribution in [0.5, 0.6) is 0 Å². The molecular weight excluding hydrogens is 330 g/mol. The van der Waals surface area contributed by atoms with Gasteiger partial charge in [0.25, 0.3) is 0 Å². The van der Waals surface area contributed by atoms with E-state index in [0.717, 1.165) is 13.2 Å². The maximum absolute atomic E-state index is 4.02. The molecule has 0 bridgehead atoms. The van der Waals surface area contributed by atoms with E-state index >= 15 is 0 Å². The molecule has 0 amide bonds. The molecule has 0 aromatic carbocycles. The highest BCUT2D eigenvalue weighted by atomic mass is 127. The average Bonchev–Trinajstić information content (AvgIpc) is 1.85. The molecule has 2 nitrogen and oxygen atoms in total. The summed E-state index contributed by atoms with van der Waals surface area (Å²) in [7, 11) is 0. The Balaban J connectivity index is 3.14. The summed E-state index contributed by atoms with van der Waals surface area (Å²) < 4.78 is 2.06. The summed E-state index contributed by atoms with van der Waals surface area (Å²) in [5, 5.41) is 0. The van der Waals surface area contributed by atoms with Crippen LogP contribution in [0.25, 0.3) is 0 Å². The van der Waals surface area contributed by atoms with Crippen molar-refractivity contribution in [3.05, 3.63) is 20.1 Å². The molecule has 1 aromatic heterocycles. The van der Waals surface area contributed by atoms with Gasteiger partial charge in [0.05, 0.1) is 0 Å². The Kier molecular flexibility index (Phi) is 2.13. The van der Waals surface area contributed by atoms with E-state index in [4.69, 9.17) is 0 Å². The van der Waals surface area contributed by atoms with Crippen molar-refractivity contribution in [2.75, 3.05) is 0 Å². The molecule has 0 saturated carbocycles. The van der Waals surface area contributed by atoms with Gasteiger partial charge in [-0.05, 0) is 45.2 Å². The Morgan fingerprint density at radius 2 is 2.12 bits per heavy atom. The van der Waals surface area contributed by atoms with Gasteiger partial charge in [-0.3, -0.25) is 0 Å². The van der Waals surface area contributed by atoms with Crippen LogP contribution in [0.2, 0.25) is 0 Å². The first-order valence-electron chi connectivity index (χ1n) is 1.93. The molecule has 0 unspecified atom stereocenters. The molecule has 0 atom stereocenters. The van der Waals surface area contributed by atoms with Crippen molar-refractivity contribution >= 4 is 45.2 Å². The molecule has 0 aliphatic carbocycles. The zero-order valence-corrected chi connectivity index (χ0v) is 8.23. The topological polar surface area (TPSA) is 28.7 Å². The predicted octanol–water partition coefficient (Wildman–Crippen LogP) is 1.80. The van der Waals surface area contributed by atoms with Crippen molar-refractivity contribution in [2.24, 2.45) is 0 Å². The molecule has 43 valence electrons. The number of imidazole rings is 1. The van der Waals surface area contributed by atoms with Gasteiger partial charge in [-0.15, -0.1) is 0 Å². The lowest BCUT2D eigenvalue weighted by Crippen LogP contribution is -1.69. The number of H-pyrrole nitrogens is 1. The van der Waals surface area contributed by atoms with Crippen molar-refractivity contribution in [2.45, 2.75) is 0 Å². The van der Waals surface area contributed by atoms with Crippen molar-refractivity contribution in [3.8, 4) is 0 Å². The van der Waals surface area contributed by atoms with Crippen molar-refractivity contribution in [3.63, 3.8) is 0 Å². The summed E-state index contributed by atoms with van der Waals surface area (Å²) in [4.78, 5) is 6.99. The highest BCUT2D eigenvalue weighted by Crippen LogP contribution is 2.09. The van der Waals surface area contributed by atoms with Crippen molar-refractivity contribution in [1.29, 1.82) is 0 Å². The molecule has 1 N–H and O–H groups in total. The van der Waals surface area contributed by atoms with Gasteiger partial charge in [-0.2, -0.15) is 0 Å². The van der Waals surface area contributed by atoms with Crippen LogP contribution in [0.4, 0.5) is 0 Å². The zero-order valence-electron chi connectivity index (χ0n) is 3.91. The minimum Gasteiger partial charge on any atom is -0.337 e. The largest absolute Gasteiger partial charge is 0.337 e. The van der Waals surface area contributed by atoms with Gasteiger partial charge >= 0.3 is 0 Å². The Morgan fingerprint density at radius 3 is 2.25 bits per heavy atom. The van der Waals surface area contributed by atoms with Crippen molar-refractivity contribution in [1.82, 2.24) is 9.97 Å². The lowest BCUT2D eigenvalue weighted by Gasteiger charge is -1.74. The van der Waals surface area contributed by atoms with Gasteiger partial charge in [0.2, 0.25) is 0 Å². The Bertz CT molecular complexity index is 174. The lowest BCUT2D eigenvalue weighted by molar-refractivity contribution is 1.21. The number of nitrogens with zero attached hydrogens (tertiary/aromatic N) is 1. The molecule has 8 heavy (non-hydrogen) atoms. The minimum atomic E-state index is 0.735. The number of aromatic nitrogens is 2. The highest BCUT2D eigenvalue weighted by molar-refractivity contribution is 14.1. The highest BCUT2D eigenvalue weighted by Gasteiger charge is 1.97. The monoisotopic (exact) mass is 333 g/mol. The third-order valence-electron chi connectivity index (χ3n) is 0.668. The summed E-state index contributed by atoms with van der Waals surface area (Å²) in [6.45, 7) is 3.63. The number of halogens is 2. The summed E-state index contributed by atoms with van der Waals surface area (Å²) in [6, 6.07) is 0. The average molecular weight is 333 g/mol. The second-order valence-corrected chi connectivity index (χ2v) is 3.39. The lowest BCUT2D eigenvalue weighted by atomic mass is 10.8. The third kappa shape index (κ3) is 1.34. The quantitative estimate of drug-likeness (QED) is 0.721. The predicted molar refractivity (Wildman–Crippen MR) is 48.5 cm³/mol. The van der Waals surface area contributed by atoms with E-state index in [1.54, 1.807) is 0 Å². The van der Waals surface area contributed by atoms with Crippen LogP contribution in [0.3, 0.4) is 0 Å². The molecule has 1 radical (unpaired) electrons. The van der Waals surface area contributed by atoms with E-state index in [9.17, 15) is 0 Å². The molecule has 0 fully saturated rings. The second kappa shape index (κ2) is 2.51. The molecule has 0 aliphatic heterocycles. The number of hydrogen-bond acceptors (Lipinski definition) is 1. The van der Waals surface area contributed by atoms with Crippen LogP contribution < -0.4 is 0 Å². The van der Waals surface area contributed by atoms with E-state index in [0.29, 0.717) is 0 Å². The van der Waals surface area contributed by atoms with E-state index in [1.807, 2.05) is 0 Å². The van der Waals surface area contributed by atoms with Crippen molar-refractivity contribution < 1.29 is 0 Å². The van der Waals surface area contributed by atoms with E-state index in [-0.39, 0.29) is 0 Å². The molecule has 0 spiro atoms. The van der Waals surface area contributed by atoms with Crippen LogP contribution in [0.15, 0.2) is 0 Å². The van der Waals surface area contributed by atoms with Gasteiger partial charge < -0.3 is 4.98 Å². The van der Waals surface area contributed by atoms with Crippen LogP contribution >= 0.6 is 45.2 Å². The van der Waals surface area contributed by atoms with Gasteiger partial charge in [0, 0.05) is 6.92 Å². The zero-order chi connectivity index (χ0) is 6.15. The van der Waals surface area contributed by atoms with Crippen LogP contribution in [-0.2, 0) is 0 Å². The van der Waals surface area contributed by atoms with Gasteiger partial charge in [0.15, 0.2) is 0 Å². The molecule has 1 rings (SSSR count). The second-order valence-electron chi connectivity index (χ2n) is 1.29. The summed E-state index contributed by atoms with van der Waals surface area (Å²) in [5.74, 6) is 0.735. The Labute approximate surface area is 74.7 Å². The van der Waals surface area contributed by atoms with E-state index < -0.39 is 0 Å². The number of hydrogen-bond donors (Lipinski definition) is 1. The number of rotatable bonds is 0. The summed E-state index contributed by atoms with van der Waals surface area (Å²) >= 11 is 4.33. The molecule has 1 heterocycles. The van der Waals surface area contributed by atoms with Gasteiger partial charge in [-0.1, -0.05) is 0 Å². The number of aromatic amines is 1. The minimum absolute atomic E-state index is 0.735. The van der Waals surface area contributed by atoms with Crippen LogP contribution in [-0.4, -0.2) is 9.97 Å². The SMILES string of the molecule is [CH2]c1nc(I)c(I)[nH]1. The first-order chi connectivity index (χ1) is 3.70. The Hall–Kier alpha value is 0.670. The molecule has 1 aromatic rings. The fourth-order valence-electron chi connectivity index (χ4n) is 0.374. The van der Waals surface area contributed by atoms with Gasteiger partial charge in [0.1, 0.15) is 13.2 Å². The van der Waals surface area contributed by atoms with Crippen LogP contribution in [0.1, 0.15) is 5.82 Å².